The summed E-state index contributed by atoms with van der Waals surface area (Å²) >= 11 is 0. The Bertz CT molecular complexity index is 941. The topological polar surface area (TPSA) is 102 Å². The molecule has 0 amide bonds. The van der Waals surface area contributed by atoms with Gasteiger partial charge in [-0.25, -0.2) is 0 Å². The molecular weight excluding hydrogens is 447 g/mol. The van der Waals surface area contributed by atoms with Crippen LogP contribution in [0.25, 0.3) is 0 Å². The first-order valence-electron chi connectivity index (χ1n) is 10.5. The zero-order valence-electron chi connectivity index (χ0n) is 18.0. The average Bonchev–Trinajstić information content (AvgIpc) is 2.79. The summed E-state index contributed by atoms with van der Waals surface area (Å²) in [5.41, 5.74) is 8.93. The predicted octanol–water partition coefficient (Wildman–Crippen LogP) is 3.76. The van der Waals surface area contributed by atoms with E-state index in [-0.39, 0.29) is 36.2 Å². The molecule has 2 aliphatic heterocycles. The van der Waals surface area contributed by atoms with Gasteiger partial charge in [-0.05, 0) is 54.7 Å². The highest BCUT2D eigenvalue weighted by Crippen LogP contribution is 2.36. The number of hydrogen-bond acceptors (Lipinski definition) is 5. The molecular formula is C23H30Cl2N6O. The van der Waals surface area contributed by atoms with E-state index < -0.39 is 0 Å². The summed E-state index contributed by atoms with van der Waals surface area (Å²) in [7, 11) is 0. The number of nitriles is 1. The van der Waals surface area contributed by atoms with E-state index in [0.29, 0.717) is 13.2 Å². The molecule has 172 valence electrons. The van der Waals surface area contributed by atoms with Crippen LogP contribution in [0.3, 0.4) is 0 Å². The molecule has 1 fully saturated rings. The number of ether oxygens (including phenoxy) is 1. The molecule has 2 aliphatic rings. The summed E-state index contributed by atoms with van der Waals surface area (Å²) < 4.78 is 6.03. The number of aromatic nitrogens is 1. The monoisotopic (exact) mass is 476 g/mol. The van der Waals surface area contributed by atoms with Crippen LogP contribution in [-0.4, -0.2) is 42.1 Å². The number of nitrogens with one attached hydrogen (secondary N) is 1. The zero-order chi connectivity index (χ0) is 21.0. The van der Waals surface area contributed by atoms with E-state index in [1.54, 1.807) is 0 Å². The Kier molecular flexibility index (Phi) is 8.99. The van der Waals surface area contributed by atoms with Crippen molar-refractivity contribution >= 4 is 36.5 Å². The highest BCUT2D eigenvalue weighted by molar-refractivity contribution is 5.85. The molecule has 7 nitrogen and oxygen atoms in total. The number of hydrogen-bond donors (Lipinski definition) is 2. The van der Waals surface area contributed by atoms with Crippen LogP contribution in [0.15, 0.2) is 42.7 Å². The number of nitrogens with zero attached hydrogens (tertiary/aromatic N) is 4. The number of piperidine rings is 1. The number of pyridine rings is 1. The van der Waals surface area contributed by atoms with Crippen molar-refractivity contribution < 1.29 is 4.74 Å². The SMILES string of the molecule is Cl.Cl.N#CC1(CCOc2ccc3c(c2)CN(C(=N)N)CC3)CCN(c2ccncc2)CC1. The number of anilines is 1. The van der Waals surface area contributed by atoms with Crippen LogP contribution < -0.4 is 15.4 Å². The lowest BCUT2D eigenvalue weighted by Crippen LogP contribution is -2.40. The second-order valence-corrected chi connectivity index (χ2v) is 8.17. The average molecular weight is 477 g/mol. The van der Waals surface area contributed by atoms with Crippen molar-refractivity contribution in [3.8, 4) is 11.8 Å². The lowest BCUT2D eigenvalue weighted by Gasteiger charge is -2.38. The molecule has 0 saturated carbocycles. The fourth-order valence-electron chi connectivity index (χ4n) is 4.36. The van der Waals surface area contributed by atoms with Gasteiger partial charge in [-0.2, -0.15) is 5.26 Å². The molecule has 2 aromatic rings. The van der Waals surface area contributed by atoms with Crippen molar-refractivity contribution in [2.24, 2.45) is 11.1 Å². The van der Waals surface area contributed by atoms with Crippen molar-refractivity contribution in [1.82, 2.24) is 9.88 Å². The predicted molar refractivity (Wildman–Crippen MR) is 131 cm³/mol. The van der Waals surface area contributed by atoms with Crippen molar-refractivity contribution in [3.05, 3.63) is 53.9 Å². The van der Waals surface area contributed by atoms with E-state index in [1.807, 2.05) is 35.5 Å². The molecule has 3 heterocycles. The summed E-state index contributed by atoms with van der Waals surface area (Å²) in [6, 6.07) is 12.8. The van der Waals surface area contributed by atoms with E-state index in [0.717, 1.165) is 56.6 Å². The van der Waals surface area contributed by atoms with Crippen molar-refractivity contribution in [2.45, 2.75) is 32.2 Å². The Balaban J connectivity index is 0.00000181. The fraction of sp³-hybridized carbons (Fsp3) is 0.435. The maximum Gasteiger partial charge on any atom is 0.188 e. The third-order valence-electron chi connectivity index (χ3n) is 6.37. The fourth-order valence-corrected chi connectivity index (χ4v) is 4.36. The van der Waals surface area contributed by atoms with Gasteiger partial charge in [0.2, 0.25) is 0 Å². The Morgan fingerprint density at radius 1 is 1.12 bits per heavy atom. The van der Waals surface area contributed by atoms with E-state index in [2.05, 4.69) is 28.1 Å². The summed E-state index contributed by atoms with van der Waals surface area (Å²) in [5, 5.41) is 17.5. The molecule has 0 unspecified atom stereocenters. The lowest BCUT2D eigenvalue weighted by atomic mass is 9.77. The quantitative estimate of drug-likeness (QED) is 0.502. The van der Waals surface area contributed by atoms with Crippen LogP contribution in [0.4, 0.5) is 5.69 Å². The van der Waals surface area contributed by atoms with Gasteiger partial charge < -0.3 is 20.3 Å². The van der Waals surface area contributed by atoms with Gasteiger partial charge in [-0.1, -0.05) is 6.07 Å². The Morgan fingerprint density at radius 3 is 2.50 bits per heavy atom. The van der Waals surface area contributed by atoms with Crippen LogP contribution in [0, 0.1) is 22.2 Å². The highest BCUT2D eigenvalue weighted by Gasteiger charge is 2.34. The number of rotatable bonds is 5. The molecule has 3 N–H and O–H groups in total. The zero-order valence-corrected chi connectivity index (χ0v) is 19.6. The van der Waals surface area contributed by atoms with Gasteiger partial charge in [0.05, 0.1) is 18.1 Å². The second-order valence-electron chi connectivity index (χ2n) is 8.17. The van der Waals surface area contributed by atoms with Crippen LogP contribution in [-0.2, 0) is 13.0 Å². The van der Waals surface area contributed by atoms with E-state index in [4.69, 9.17) is 15.9 Å². The number of guanidine groups is 1. The van der Waals surface area contributed by atoms with Crippen LogP contribution in [0.1, 0.15) is 30.4 Å². The van der Waals surface area contributed by atoms with Gasteiger partial charge in [-0.3, -0.25) is 10.4 Å². The number of fused-ring (bicyclic) bond motifs is 1. The smallest absolute Gasteiger partial charge is 0.188 e. The summed E-state index contributed by atoms with van der Waals surface area (Å²) in [6.07, 6.45) is 6.91. The molecule has 32 heavy (non-hydrogen) atoms. The highest BCUT2D eigenvalue weighted by atomic mass is 35.5. The number of nitrogens with two attached hydrogens (primary N) is 1. The molecule has 0 spiro atoms. The van der Waals surface area contributed by atoms with E-state index in [9.17, 15) is 5.26 Å². The molecule has 1 saturated heterocycles. The van der Waals surface area contributed by atoms with E-state index in [1.165, 1.54) is 11.3 Å². The van der Waals surface area contributed by atoms with Gasteiger partial charge >= 0.3 is 0 Å². The standard InChI is InChI=1S/C23H28N6O.2ClH/c24-17-23(6-12-28(13-7-23)20-3-9-27-10-4-20)8-14-30-21-2-1-18-5-11-29(22(25)26)16-19(18)15-21;;/h1-4,9-10,15H,5-8,11-14,16H2,(H3,25,26);2*1H. The van der Waals surface area contributed by atoms with Gasteiger partial charge in [-0.15, -0.1) is 24.8 Å². The van der Waals surface area contributed by atoms with Crippen molar-refractivity contribution in [2.75, 3.05) is 31.1 Å². The normalized spacial score (nSPS) is 16.6. The van der Waals surface area contributed by atoms with E-state index >= 15 is 0 Å². The lowest BCUT2D eigenvalue weighted by molar-refractivity contribution is 0.210. The molecule has 0 aliphatic carbocycles. The van der Waals surface area contributed by atoms with Crippen LogP contribution in [0.5, 0.6) is 5.75 Å². The minimum atomic E-state index is -0.330. The first-order valence-corrected chi connectivity index (χ1v) is 10.5. The van der Waals surface area contributed by atoms with Gasteiger partial charge in [0.1, 0.15) is 5.75 Å². The second kappa shape index (κ2) is 11.3. The summed E-state index contributed by atoms with van der Waals surface area (Å²) in [6.45, 7) is 3.70. The van der Waals surface area contributed by atoms with Gasteiger partial charge in [0.15, 0.2) is 5.96 Å². The van der Waals surface area contributed by atoms with Crippen LogP contribution in [0.2, 0.25) is 0 Å². The Morgan fingerprint density at radius 2 is 1.84 bits per heavy atom. The molecule has 0 atom stereocenters. The number of halogens is 2. The summed E-state index contributed by atoms with van der Waals surface area (Å²) in [5.74, 6) is 0.933. The van der Waals surface area contributed by atoms with Crippen molar-refractivity contribution in [1.29, 1.82) is 10.7 Å². The molecule has 4 rings (SSSR count). The molecule has 0 bridgehead atoms. The third kappa shape index (κ3) is 5.76. The molecule has 0 radical (unpaired) electrons. The largest absolute Gasteiger partial charge is 0.494 e. The minimum absolute atomic E-state index is 0. The Hall–Kier alpha value is -2.69. The van der Waals surface area contributed by atoms with Crippen LogP contribution >= 0.6 is 24.8 Å². The minimum Gasteiger partial charge on any atom is -0.494 e. The third-order valence-corrected chi connectivity index (χ3v) is 6.37. The molecule has 1 aromatic heterocycles. The Labute approximate surface area is 201 Å². The maximum absolute atomic E-state index is 9.86. The first kappa shape index (κ1) is 25.6. The molecule has 9 heteroatoms. The number of benzene rings is 1. The van der Waals surface area contributed by atoms with Gasteiger partial charge in [0.25, 0.3) is 0 Å². The van der Waals surface area contributed by atoms with Crippen molar-refractivity contribution in [3.63, 3.8) is 0 Å². The summed E-state index contributed by atoms with van der Waals surface area (Å²) in [4.78, 5) is 8.27. The molecule has 1 aromatic carbocycles. The van der Waals surface area contributed by atoms with Gasteiger partial charge in [0, 0.05) is 50.7 Å². The maximum atomic E-state index is 9.86. The first-order chi connectivity index (χ1) is 14.6.